The third-order valence-corrected chi connectivity index (χ3v) is 4.15. The lowest BCUT2D eigenvalue weighted by Crippen LogP contribution is -2.33. The van der Waals surface area contributed by atoms with Gasteiger partial charge in [-0.05, 0) is 24.3 Å². The quantitative estimate of drug-likeness (QED) is 0.493. The van der Waals surface area contributed by atoms with Crippen molar-refractivity contribution in [1.29, 1.82) is 0 Å². The molecule has 1 amide bonds. The summed E-state index contributed by atoms with van der Waals surface area (Å²) in [5.74, 6) is -6.82. The van der Waals surface area contributed by atoms with Crippen LogP contribution < -0.4 is 5.32 Å². The minimum Gasteiger partial charge on any atom is -0.324 e. The number of carbonyl (C=O) groups excluding carboxylic acids is 1. The van der Waals surface area contributed by atoms with Crippen molar-refractivity contribution >= 4 is 28.4 Å². The monoisotopic (exact) mass is 413 g/mol. The fourth-order valence-electron chi connectivity index (χ4n) is 2.75. The number of benzene rings is 1. The van der Waals surface area contributed by atoms with Crippen LogP contribution >= 0.6 is 0 Å². The van der Waals surface area contributed by atoms with Crippen LogP contribution in [0.1, 0.15) is 16.2 Å². The first-order valence-corrected chi connectivity index (χ1v) is 7.95. The Bertz CT molecular complexity index is 1240. The molecule has 0 saturated heterocycles. The molecule has 6 nitrogen and oxygen atoms in total. The fraction of sp³-hybridized carbons (Fsp3) is 0.118. The lowest BCUT2D eigenvalue weighted by atomic mass is 10.1. The van der Waals surface area contributed by atoms with Crippen molar-refractivity contribution in [2.24, 2.45) is 0 Å². The summed E-state index contributed by atoms with van der Waals surface area (Å²) >= 11 is 0. The van der Waals surface area contributed by atoms with Crippen molar-refractivity contribution in [3.8, 4) is 0 Å². The lowest BCUT2D eigenvalue weighted by molar-refractivity contribution is -0.289. The number of imidazole rings is 2. The van der Waals surface area contributed by atoms with E-state index in [1.807, 2.05) is 0 Å². The lowest BCUT2D eigenvalue weighted by Gasteiger charge is -2.19. The number of aromatic amines is 1. The summed E-state index contributed by atoms with van der Waals surface area (Å²) in [6.45, 7) is 0. The molecule has 0 aliphatic carbocycles. The number of hydrogen-bond acceptors (Lipinski definition) is 3. The Hall–Kier alpha value is -3.57. The first kappa shape index (κ1) is 18.8. The van der Waals surface area contributed by atoms with E-state index in [0.717, 1.165) is 12.3 Å². The van der Waals surface area contributed by atoms with Crippen LogP contribution in [0.4, 0.5) is 32.3 Å². The number of aromatic nitrogens is 4. The van der Waals surface area contributed by atoms with Gasteiger partial charge in [-0.15, -0.1) is 0 Å². The largest absolute Gasteiger partial charge is 0.458 e. The molecule has 0 unspecified atom stereocenters. The van der Waals surface area contributed by atoms with Crippen molar-refractivity contribution in [3.63, 3.8) is 0 Å². The second kappa shape index (κ2) is 6.22. The van der Waals surface area contributed by atoms with Gasteiger partial charge in [0, 0.05) is 11.8 Å². The molecule has 0 atom stereocenters. The number of amides is 1. The third-order valence-electron chi connectivity index (χ3n) is 4.15. The molecule has 0 bridgehead atoms. The highest BCUT2D eigenvalue weighted by Crippen LogP contribution is 2.44. The number of carbonyl (C=O) groups is 1. The van der Waals surface area contributed by atoms with Crippen LogP contribution in [0.2, 0.25) is 0 Å². The van der Waals surface area contributed by atoms with Gasteiger partial charge < -0.3 is 4.98 Å². The number of nitrogens with one attached hydrogen (secondary N) is 2. The molecular formula is C17H9F6N5O. The van der Waals surface area contributed by atoms with Crippen LogP contribution in [0.5, 0.6) is 0 Å². The van der Waals surface area contributed by atoms with Crippen LogP contribution in [-0.2, 0) is 5.92 Å². The molecule has 3 aromatic heterocycles. The zero-order valence-electron chi connectivity index (χ0n) is 14.1. The predicted molar refractivity (Wildman–Crippen MR) is 89.1 cm³/mol. The smallest absolute Gasteiger partial charge is 0.324 e. The number of anilines is 1. The van der Waals surface area contributed by atoms with Gasteiger partial charge in [0.25, 0.3) is 5.91 Å². The average molecular weight is 413 g/mol. The number of hydrogen-bond donors (Lipinski definition) is 2. The van der Waals surface area contributed by atoms with Crippen LogP contribution in [0.15, 0.2) is 42.7 Å². The van der Waals surface area contributed by atoms with Gasteiger partial charge in [0.1, 0.15) is 11.3 Å². The second-order valence-electron chi connectivity index (χ2n) is 6.04. The number of alkyl halides is 5. The van der Waals surface area contributed by atoms with Crippen molar-refractivity contribution in [2.75, 3.05) is 5.32 Å². The molecule has 0 aliphatic rings. The number of rotatable bonds is 3. The molecule has 0 fully saturated rings. The molecule has 0 aliphatic heterocycles. The van der Waals surface area contributed by atoms with Gasteiger partial charge >= 0.3 is 12.1 Å². The number of halogens is 6. The van der Waals surface area contributed by atoms with E-state index in [0.29, 0.717) is 12.1 Å². The number of H-pyrrole nitrogens is 1. The van der Waals surface area contributed by atoms with E-state index in [4.69, 9.17) is 0 Å². The third kappa shape index (κ3) is 3.05. The maximum Gasteiger partial charge on any atom is 0.458 e. The van der Waals surface area contributed by atoms with Gasteiger partial charge in [0.2, 0.25) is 11.8 Å². The number of nitrogens with zero attached hydrogens (tertiary/aromatic N) is 3. The molecule has 0 radical (unpaired) electrons. The van der Waals surface area contributed by atoms with Gasteiger partial charge in [-0.2, -0.15) is 22.0 Å². The SMILES string of the molecule is O=C(Nc1nc2ccc(C(F)(F)C(F)(F)F)cc2[nH]1)c1ncc2c(F)cccn12. The van der Waals surface area contributed by atoms with E-state index in [-0.39, 0.29) is 28.3 Å². The summed E-state index contributed by atoms with van der Waals surface area (Å²) < 4.78 is 79.5. The van der Waals surface area contributed by atoms with Crippen molar-refractivity contribution in [1.82, 2.24) is 19.4 Å². The Balaban J connectivity index is 1.65. The van der Waals surface area contributed by atoms with Gasteiger partial charge in [-0.3, -0.25) is 14.5 Å². The summed E-state index contributed by atoms with van der Waals surface area (Å²) in [5, 5.41) is 2.31. The van der Waals surface area contributed by atoms with Crippen LogP contribution in [0, 0.1) is 5.82 Å². The molecule has 3 heterocycles. The zero-order valence-corrected chi connectivity index (χ0v) is 14.1. The highest BCUT2D eigenvalue weighted by atomic mass is 19.4. The first-order chi connectivity index (χ1) is 13.6. The van der Waals surface area contributed by atoms with Crippen molar-refractivity contribution < 1.29 is 31.1 Å². The van der Waals surface area contributed by atoms with E-state index in [1.165, 1.54) is 22.7 Å². The van der Waals surface area contributed by atoms with Crippen LogP contribution in [-0.4, -0.2) is 31.4 Å². The molecule has 0 saturated carbocycles. The van der Waals surface area contributed by atoms with E-state index in [9.17, 15) is 31.1 Å². The normalized spacial score (nSPS) is 12.6. The standard InChI is InChI=1S/C17H9F6N5O/c18-9-2-1-5-28-12(9)7-24-13(28)14(29)27-15-25-10-4-3-8(6-11(10)26-15)16(19,20)17(21,22)23/h1-7H,(H2,25,26,27,29). The van der Waals surface area contributed by atoms with E-state index >= 15 is 0 Å². The maximum atomic E-state index is 13.7. The Labute approximate surface area is 157 Å². The topological polar surface area (TPSA) is 75.1 Å². The van der Waals surface area contributed by atoms with Crippen LogP contribution in [0.25, 0.3) is 16.6 Å². The van der Waals surface area contributed by atoms with E-state index in [2.05, 4.69) is 20.3 Å². The molecule has 150 valence electrons. The zero-order chi connectivity index (χ0) is 21.0. The Morgan fingerprint density at radius 3 is 2.62 bits per heavy atom. The summed E-state index contributed by atoms with van der Waals surface area (Å²) in [6, 6.07) is 4.73. The minimum absolute atomic E-state index is 0.0565. The number of fused-ring (bicyclic) bond motifs is 2. The molecule has 4 aromatic rings. The molecule has 0 spiro atoms. The maximum absolute atomic E-state index is 13.7. The van der Waals surface area contributed by atoms with Crippen molar-refractivity contribution in [3.05, 3.63) is 59.9 Å². The van der Waals surface area contributed by atoms with E-state index in [1.54, 1.807) is 0 Å². The van der Waals surface area contributed by atoms with Gasteiger partial charge in [-0.25, -0.2) is 14.4 Å². The fourth-order valence-corrected chi connectivity index (χ4v) is 2.75. The number of pyridine rings is 1. The molecular weight excluding hydrogens is 404 g/mol. The first-order valence-electron chi connectivity index (χ1n) is 7.95. The molecule has 4 rings (SSSR count). The summed E-state index contributed by atoms with van der Waals surface area (Å²) in [7, 11) is 0. The van der Waals surface area contributed by atoms with E-state index < -0.39 is 29.4 Å². The molecule has 12 heteroatoms. The average Bonchev–Trinajstić information content (AvgIpc) is 3.24. The van der Waals surface area contributed by atoms with Crippen LogP contribution in [0.3, 0.4) is 0 Å². The van der Waals surface area contributed by atoms with Gasteiger partial charge in [0.05, 0.1) is 17.2 Å². The summed E-state index contributed by atoms with van der Waals surface area (Å²) in [5.41, 5.74) is -1.29. The summed E-state index contributed by atoms with van der Waals surface area (Å²) in [4.78, 5) is 22.6. The van der Waals surface area contributed by atoms with Crippen molar-refractivity contribution in [2.45, 2.75) is 12.1 Å². The Morgan fingerprint density at radius 1 is 1.14 bits per heavy atom. The molecule has 1 aromatic carbocycles. The molecule has 2 N–H and O–H groups in total. The minimum atomic E-state index is -5.76. The highest BCUT2D eigenvalue weighted by molar-refractivity contribution is 6.02. The predicted octanol–water partition coefficient (Wildman–Crippen LogP) is 4.26. The Morgan fingerprint density at radius 2 is 1.90 bits per heavy atom. The Kier molecular flexibility index (Phi) is 4.03. The van der Waals surface area contributed by atoms with Gasteiger partial charge in [0.15, 0.2) is 0 Å². The van der Waals surface area contributed by atoms with Gasteiger partial charge in [-0.1, -0.05) is 6.07 Å². The highest BCUT2D eigenvalue weighted by Gasteiger charge is 2.58. The summed E-state index contributed by atoms with van der Waals surface area (Å²) in [6.07, 6.45) is -3.20. The molecule has 29 heavy (non-hydrogen) atoms. The second-order valence-corrected chi connectivity index (χ2v) is 6.04.